The summed E-state index contributed by atoms with van der Waals surface area (Å²) in [5.74, 6) is -3.12. The average molecular weight is 545 g/mol. The number of carboxylic acids is 1. The fourth-order valence-corrected chi connectivity index (χ4v) is 4.12. The fraction of sp³-hybridized carbons (Fsp3) is 0.440. The predicted octanol–water partition coefficient (Wildman–Crippen LogP) is 0.504. The van der Waals surface area contributed by atoms with E-state index in [-0.39, 0.29) is 62.8 Å². The molecule has 1 fully saturated rings. The lowest BCUT2D eigenvalue weighted by Gasteiger charge is -2.35. The molecule has 1 saturated heterocycles. The summed E-state index contributed by atoms with van der Waals surface area (Å²) in [5, 5.41) is 18.6. The van der Waals surface area contributed by atoms with Gasteiger partial charge in [0.1, 0.15) is 6.04 Å². The Bertz CT molecular complexity index is 1210. The summed E-state index contributed by atoms with van der Waals surface area (Å²) >= 11 is 0. The normalized spacial score (nSPS) is 13.8. The standard InChI is InChI=1S/C25H32N6O8/c1-4-39-25(37)30-14-12-29(13-15-30)24(36)17(10-11-18(32)33)27-22(34)19-21(38-3)20(23(35)26-2)31(28-19)16-8-6-5-7-9-16/h5-9,17H,4,10-15H2,1-3H3,(H,26,35)(H,27,34)(H,32,33). The maximum Gasteiger partial charge on any atom is 0.409 e. The van der Waals surface area contributed by atoms with Gasteiger partial charge in [-0.3, -0.25) is 19.2 Å². The van der Waals surface area contributed by atoms with Crippen LogP contribution in [0.25, 0.3) is 5.69 Å². The molecular formula is C25H32N6O8. The Morgan fingerprint density at radius 2 is 1.67 bits per heavy atom. The Hall–Kier alpha value is -4.62. The maximum absolute atomic E-state index is 13.4. The molecule has 2 aromatic rings. The van der Waals surface area contributed by atoms with E-state index in [9.17, 15) is 29.1 Å². The molecule has 4 amide bonds. The lowest BCUT2D eigenvalue weighted by Crippen LogP contribution is -2.56. The molecule has 1 atom stereocenters. The van der Waals surface area contributed by atoms with Crippen molar-refractivity contribution in [2.24, 2.45) is 0 Å². The molecule has 0 bridgehead atoms. The first-order valence-corrected chi connectivity index (χ1v) is 12.4. The summed E-state index contributed by atoms with van der Waals surface area (Å²) < 4.78 is 11.6. The molecule has 39 heavy (non-hydrogen) atoms. The number of benzene rings is 1. The van der Waals surface area contributed by atoms with Gasteiger partial charge in [0, 0.05) is 39.6 Å². The van der Waals surface area contributed by atoms with Crippen LogP contribution in [0.3, 0.4) is 0 Å². The number of rotatable bonds is 10. The number of methoxy groups -OCH3 is 1. The number of carboxylic acid groups (broad SMARTS) is 1. The number of aliphatic carboxylic acids is 1. The van der Waals surface area contributed by atoms with Crippen LogP contribution in [0.1, 0.15) is 40.7 Å². The number of nitrogens with zero attached hydrogens (tertiary/aromatic N) is 4. The number of nitrogens with one attached hydrogen (secondary N) is 2. The van der Waals surface area contributed by atoms with Crippen molar-refractivity contribution in [2.75, 3.05) is 46.9 Å². The molecule has 3 N–H and O–H groups in total. The number of hydrogen-bond donors (Lipinski definition) is 3. The Balaban J connectivity index is 1.87. The lowest BCUT2D eigenvalue weighted by atomic mass is 10.1. The Morgan fingerprint density at radius 1 is 1.03 bits per heavy atom. The van der Waals surface area contributed by atoms with Crippen molar-refractivity contribution in [3.63, 3.8) is 0 Å². The number of ether oxygens (including phenoxy) is 2. The minimum Gasteiger partial charge on any atom is -0.492 e. The van der Waals surface area contributed by atoms with Gasteiger partial charge >= 0.3 is 12.1 Å². The summed E-state index contributed by atoms with van der Waals surface area (Å²) in [6, 6.07) is 7.43. The molecule has 2 heterocycles. The number of hydrogen-bond acceptors (Lipinski definition) is 8. The van der Waals surface area contributed by atoms with Crippen LogP contribution in [-0.4, -0.2) is 107 Å². The maximum atomic E-state index is 13.4. The van der Waals surface area contributed by atoms with Gasteiger partial charge < -0.3 is 35.0 Å². The fourth-order valence-electron chi connectivity index (χ4n) is 4.12. The highest BCUT2D eigenvalue weighted by atomic mass is 16.6. The summed E-state index contributed by atoms with van der Waals surface area (Å²) in [6.45, 7) is 2.76. The van der Waals surface area contributed by atoms with Crippen LogP contribution in [-0.2, 0) is 14.3 Å². The third-order valence-electron chi connectivity index (χ3n) is 6.07. The van der Waals surface area contributed by atoms with Crippen LogP contribution in [0.15, 0.2) is 30.3 Å². The van der Waals surface area contributed by atoms with Crippen LogP contribution < -0.4 is 15.4 Å². The first kappa shape index (κ1) is 28.9. The van der Waals surface area contributed by atoms with Gasteiger partial charge in [-0.1, -0.05) is 18.2 Å². The largest absolute Gasteiger partial charge is 0.492 e. The van der Waals surface area contributed by atoms with Gasteiger partial charge in [0.15, 0.2) is 17.1 Å². The van der Waals surface area contributed by atoms with E-state index in [1.807, 2.05) is 0 Å². The van der Waals surface area contributed by atoms with Crippen molar-refractivity contribution in [1.82, 2.24) is 30.2 Å². The van der Waals surface area contributed by atoms with E-state index >= 15 is 0 Å². The van der Waals surface area contributed by atoms with Gasteiger partial charge in [-0.05, 0) is 25.5 Å². The van der Waals surface area contributed by atoms with Gasteiger partial charge in [0.05, 0.1) is 19.4 Å². The van der Waals surface area contributed by atoms with Crippen LogP contribution in [0.4, 0.5) is 4.79 Å². The first-order chi connectivity index (χ1) is 18.7. The van der Waals surface area contributed by atoms with E-state index in [0.717, 1.165) is 0 Å². The molecular weight excluding hydrogens is 512 g/mol. The van der Waals surface area contributed by atoms with Crippen LogP contribution in [0.5, 0.6) is 5.75 Å². The molecule has 0 radical (unpaired) electrons. The van der Waals surface area contributed by atoms with Gasteiger partial charge in [-0.15, -0.1) is 0 Å². The Labute approximate surface area is 224 Å². The van der Waals surface area contributed by atoms with E-state index in [1.165, 1.54) is 28.6 Å². The van der Waals surface area contributed by atoms with Crippen LogP contribution in [0.2, 0.25) is 0 Å². The molecule has 0 spiro atoms. The third kappa shape index (κ3) is 6.83. The molecule has 1 aliphatic rings. The summed E-state index contributed by atoms with van der Waals surface area (Å²) in [4.78, 5) is 65.6. The predicted molar refractivity (Wildman–Crippen MR) is 137 cm³/mol. The number of para-hydroxylation sites is 1. The third-order valence-corrected chi connectivity index (χ3v) is 6.07. The molecule has 1 aromatic heterocycles. The lowest BCUT2D eigenvalue weighted by molar-refractivity contribution is -0.138. The van der Waals surface area contributed by atoms with Crippen molar-refractivity contribution < 1.29 is 38.6 Å². The molecule has 1 aromatic carbocycles. The second kappa shape index (κ2) is 13.3. The van der Waals surface area contributed by atoms with Crippen LogP contribution in [0, 0.1) is 0 Å². The minimum atomic E-state index is -1.20. The quantitative estimate of drug-likeness (QED) is 0.385. The second-order valence-corrected chi connectivity index (χ2v) is 8.53. The zero-order valence-corrected chi connectivity index (χ0v) is 22.0. The van der Waals surface area contributed by atoms with Crippen molar-refractivity contribution in [2.45, 2.75) is 25.8 Å². The highest BCUT2D eigenvalue weighted by molar-refractivity contribution is 6.03. The second-order valence-electron chi connectivity index (χ2n) is 8.53. The molecule has 1 aliphatic heterocycles. The Kier molecular flexibility index (Phi) is 9.84. The molecule has 14 nitrogen and oxygen atoms in total. The Morgan fingerprint density at radius 3 is 2.23 bits per heavy atom. The SMILES string of the molecule is CCOC(=O)N1CCN(C(=O)C(CCC(=O)O)NC(=O)c2nn(-c3ccccc3)c(C(=O)NC)c2OC)CC1. The topological polar surface area (TPSA) is 172 Å². The first-order valence-electron chi connectivity index (χ1n) is 12.4. The van der Waals surface area contributed by atoms with Crippen molar-refractivity contribution in [1.29, 1.82) is 0 Å². The summed E-state index contributed by atoms with van der Waals surface area (Å²) in [7, 11) is 2.71. The van der Waals surface area contributed by atoms with E-state index < -0.39 is 35.8 Å². The number of carbonyl (C=O) groups excluding carboxylic acids is 4. The van der Waals surface area contributed by atoms with Gasteiger partial charge in [-0.25, -0.2) is 9.48 Å². The molecule has 14 heteroatoms. The molecule has 0 aliphatic carbocycles. The highest BCUT2D eigenvalue weighted by Crippen LogP contribution is 2.27. The van der Waals surface area contributed by atoms with Crippen molar-refractivity contribution >= 4 is 29.8 Å². The van der Waals surface area contributed by atoms with Crippen molar-refractivity contribution in [3.05, 3.63) is 41.7 Å². The van der Waals surface area contributed by atoms with Gasteiger partial charge in [0.2, 0.25) is 5.91 Å². The van der Waals surface area contributed by atoms with E-state index in [2.05, 4.69) is 15.7 Å². The highest BCUT2D eigenvalue weighted by Gasteiger charge is 2.34. The van der Waals surface area contributed by atoms with Crippen molar-refractivity contribution in [3.8, 4) is 11.4 Å². The van der Waals surface area contributed by atoms with E-state index in [1.54, 1.807) is 37.3 Å². The van der Waals surface area contributed by atoms with E-state index in [4.69, 9.17) is 9.47 Å². The molecule has 210 valence electrons. The van der Waals surface area contributed by atoms with Crippen LogP contribution >= 0.6 is 0 Å². The zero-order valence-electron chi connectivity index (χ0n) is 22.0. The average Bonchev–Trinajstić information content (AvgIpc) is 3.35. The number of amides is 4. The molecule has 0 saturated carbocycles. The van der Waals surface area contributed by atoms with E-state index in [0.29, 0.717) is 5.69 Å². The zero-order chi connectivity index (χ0) is 28.5. The summed E-state index contributed by atoms with van der Waals surface area (Å²) in [6.07, 6.45) is -1.03. The minimum absolute atomic E-state index is 0.0279. The number of aromatic nitrogens is 2. The van der Waals surface area contributed by atoms with Gasteiger partial charge in [0.25, 0.3) is 11.8 Å². The number of carbonyl (C=O) groups is 5. The summed E-state index contributed by atoms with van der Waals surface area (Å²) in [5.41, 5.74) is 0.214. The monoisotopic (exact) mass is 544 g/mol. The molecule has 1 unspecified atom stereocenters. The smallest absolute Gasteiger partial charge is 0.409 e. The number of piperazine rings is 1. The molecule has 3 rings (SSSR count). The van der Waals surface area contributed by atoms with Gasteiger partial charge in [-0.2, -0.15) is 5.10 Å².